The third-order valence-corrected chi connectivity index (χ3v) is 1.80. The lowest BCUT2D eigenvalue weighted by molar-refractivity contribution is -0.113. The van der Waals surface area contributed by atoms with Crippen LogP contribution in [0.5, 0.6) is 0 Å². The maximum absolute atomic E-state index is 10.6. The largest absolute Gasteiger partial charge is 0.400 e. The molecule has 0 saturated carbocycles. The van der Waals surface area contributed by atoms with Gasteiger partial charge in [0.1, 0.15) is 18.3 Å². The Bertz CT molecular complexity index is 171. The van der Waals surface area contributed by atoms with Crippen molar-refractivity contribution in [2.24, 2.45) is 0 Å². The van der Waals surface area contributed by atoms with E-state index in [1.54, 1.807) is 7.11 Å². The van der Waals surface area contributed by atoms with Crippen LogP contribution < -0.4 is 5.32 Å². The number of carbonyl (C=O) groups excluding carboxylic acids is 2. The highest BCUT2D eigenvalue weighted by Gasteiger charge is 2.20. The average molecular weight is 219 g/mol. The molecule has 0 fully saturated rings. The molecule has 0 saturated heterocycles. The second-order valence-corrected chi connectivity index (χ2v) is 3.35. The van der Waals surface area contributed by atoms with E-state index in [1.807, 2.05) is 13.8 Å². The number of hydrogen-bond donors (Lipinski definition) is 2. The van der Waals surface area contributed by atoms with Crippen LogP contribution in [0.15, 0.2) is 0 Å². The van der Waals surface area contributed by atoms with Crippen LogP contribution in [0.2, 0.25) is 0 Å². The molecule has 2 N–H and O–H groups in total. The maximum atomic E-state index is 10.6. The number of ether oxygens (including phenoxy) is 1. The second-order valence-electron chi connectivity index (χ2n) is 3.35. The van der Waals surface area contributed by atoms with Crippen molar-refractivity contribution in [3.63, 3.8) is 0 Å². The number of aliphatic hydroxyl groups is 1. The third-order valence-electron chi connectivity index (χ3n) is 1.80. The minimum absolute atomic E-state index is 0.319. The molecular formula is C10H21NO4. The summed E-state index contributed by atoms with van der Waals surface area (Å²) in [5, 5.41) is 9.98. The van der Waals surface area contributed by atoms with Crippen LogP contribution in [-0.2, 0) is 14.3 Å². The molecule has 0 rings (SSSR count). The second kappa shape index (κ2) is 9.76. The fourth-order valence-electron chi connectivity index (χ4n) is 0.927. The molecule has 0 heterocycles. The fraction of sp³-hybridized carbons (Fsp3) is 0.800. The first-order valence-corrected chi connectivity index (χ1v) is 4.72. The van der Waals surface area contributed by atoms with Crippen molar-refractivity contribution in [3.05, 3.63) is 0 Å². The number of nitrogens with one attached hydrogen (secondary N) is 1. The van der Waals surface area contributed by atoms with Crippen LogP contribution in [0.1, 0.15) is 26.7 Å². The van der Waals surface area contributed by atoms with Crippen LogP contribution in [-0.4, -0.2) is 43.7 Å². The number of carbonyl (C=O) groups is 2. The highest BCUT2D eigenvalue weighted by atomic mass is 16.5. The van der Waals surface area contributed by atoms with Crippen LogP contribution in [0, 0.1) is 0 Å². The first-order chi connectivity index (χ1) is 7.05. The Hall–Kier alpha value is -0.780. The first kappa shape index (κ1) is 16.6. The molecule has 1 unspecified atom stereocenters. The Morgan fingerprint density at radius 3 is 2.27 bits per heavy atom. The summed E-state index contributed by atoms with van der Waals surface area (Å²) in [7, 11) is 2.56. The molecule has 0 aliphatic carbocycles. The summed E-state index contributed by atoms with van der Waals surface area (Å²) in [6, 6.07) is -0.319. The van der Waals surface area contributed by atoms with E-state index in [-0.39, 0.29) is 6.04 Å². The molecule has 15 heavy (non-hydrogen) atoms. The van der Waals surface area contributed by atoms with Crippen molar-refractivity contribution >= 4 is 12.6 Å². The Morgan fingerprint density at radius 2 is 1.93 bits per heavy atom. The molecule has 5 nitrogen and oxygen atoms in total. The van der Waals surface area contributed by atoms with Gasteiger partial charge in [0, 0.05) is 20.6 Å². The molecule has 1 atom stereocenters. The summed E-state index contributed by atoms with van der Waals surface area (Å²) < 4.78 is 5.09. The molecule has 0 aliphatic heterocycles. The molecule has 0 spiro atoms. The van der Waals surface area contributed by atoms with E-state index >= 15 is 0 Å². The fourth-order valence-corrected chi connectivity index (χ4v) is 0.927. The number of hydrogen-bond acceptors (Lipinski definition) is 5. The summed E-state index contributed by atoms with van der Waals surface area (Å²) in [4.78, 5) is 20.7. The normalized spacial score (nSPS) is 12.3. The zero-order valence-electron chi connectivity index (χ0n) is 9.82. The predicted molar refractivity (Wildman–Crippen MR) is 57.5 cm³/mol. The lowest BCUT2D eigenvalue weighted by Crippen LogP contribution is -2.48. The number of methoxy groups -OCH3 is 1. The Kier molecular flexibility index (Phi) is 10.8. The summed E-state index contributed by atoms with van der Waals surface area (Å²) in [6.45, 7) is 3.65. The smallest absolute Gasteiger partial charge is 0.136 e. The van der Waals surface area contributed by atoms with E-state index in [1.165, 1.54) is 0 Å². The quantitative estimate of drug-likeness (QED) is 0.469. The Morgan fingerprint density at radius 1 is 1.40 bits per heavy atom. The standard InChI is InChI=1S/C9H17NO3.CH4O/c1-9(2,13-3)10-8(7-12)5-4-6-11;1-2/h6-8,10H,4-5H2,1-3H3;2H,1H3. The SMILES string of the molecule is CO.COC(C)(C)NC(C=O)CCC=O. The van der Waals surface area contributed by atoms with Gasteiger partial charge in [-0.05, 0) is 20.3 Å². The molecule has 0 aromatic carbocycles. The molecule has 0 radical (unpaired) electrons. The number of aliphatic hydroxyl groups excluding tert-OH is 1. The zero-order valence-corrected chi connectivity index (χ0v) is 9.82. The van der Waals surface area contributed by atoms with Crippen molar-refractivity contribution in [3.8, 4) is 0 Å². The van der Waals surface area contributed by atoms with Crippen LogP contribution in [0.4, 0.5) is 0 Å². The van der Waals surface area contributed by atoms with Gasteiger partial charge in [0.2, 0.25) is 0 Å². The lowest BCUT2D eigenvalue weighted by Gasteiger charge is -2.27. The van der Waals surface area contributed by atoms with Gasteiger partial charge in [-0.25, -0.2) is 0 Å². The van der Waals surface area contributed by atoms with E-state index < -0.39 is 5.72 Å². The van der Waals surface area contributed by atoms with Gasteiger partial charge < -0.3 is 19.4 Å². The summed E-state index contributed by atoms with van der Waals surface area (Å²) in [6.07, 6.45) is 2.50. The van der Waals surface area contributed by atoms with Gasteiger partial charge in [0.05, 0.1) is 6.04 Å². The Balaban J connectivity index is 0. The first-order valence-electron chi connectivity index (χ1n) is 4.72. The van der Waals surface area contributed by atoms with Crippen LogP contribution in [0.25, 0.3) is 0 Å². The minimum atomic E-state index is -0.533. The summed E-state index contributed by atoms with van der Waals surface area (Å²) in [5.41, 5.74) is -0.533. The highest BCUT2D eigenvalue weighted by Crippen LogP contribution is 2.05. The van der Waals surface area contributed by atoms with Gasteiger partial charge >= 0.3 is 0 Å². The number of aldehydes is 2. The van der Waals surface area contributed by atoms with E-state index in [0.29, 0.717) is 12.8 Å². The molecule has 0 aromatic rings. The lowest BCUT2D eigenvalue weighted by atomic mass is 10.1. The highest BCUT2D eigenvalue weighted by molar-refractivity contribution is 5.59. The Labute approximate surface area is 90.8 Å². The molecule has 0 amide bonds. The van der Waals surface area contributed by atoms with Crippen molar-refractivity contribution in [2.45, 2.75) is 38.5 Å². The molecule has 5 heteroatoms. The van der Waals surface area contributed by atoms with E-state index in [4.69, 9.17) is 9.84 Å². The van der Waals surface area contributed by atoms with Crippen molar-refractivity contribution in [2.75, 3.05) is 14.2 Å². The summed E-state index contributed by atoms with van der Waals surface area (Å²) in [5.74, 6) is 0. The topological polar surface area (TPSA) is 75.6 Å². The van der Waals surface area contributed by atoms with Gasteiger partial charge in [-0.3, -0.25) is 5.32 Å². The summed E-state index contributed by atoms with van der Waals surface area (Å²) >= 11 is 0. The van der Waals surface area contributed by atoms with E-state index in [0.717, 1.165) is 19.7 Å². The molecule has 0 aliphatic rings. The van der Waals surface area contributed by atoms with Crippen molar-refractivity contribution in [1.82, 2.24) is 5.32 Å². The zero-order chi connectivity index (χ0) is 12.3. The van der Waals surface area contributed by atoms with Crippen LogP contribution in [0.3, 0.4) is 0 Å². The van der Waals surface area contributed by atoms with Gasteiger partial charge in [0.15, 0.2) is 0 Å². The maximum Gasteiger partial charge on any atom is 0.136 e. The van der Waals surface area contributed by atoms with Crippen LogP contribution >= 0.6 is 0 Å². The van der Waals surface area contributed by atoms with Gasteiger partial charge in [-0.15, -0.1) is 0 Å². The van der Waals surface area contributed by atoms with Gasteiger partial charge in [-0.2, -0.15) is 0 Å². The third kappa shape index (κ3) is 9.52. The monoisotopic (exact) mass is 219 g/mol. The molecule has 90 valence electrons. The van der Waals surface area contributed by atoms with Gasteiger partial charge in [-0.1, -0.05) is 0 Å². The molecule has 0 aromatic heterocycles. The van der Waals surface area contributed by atoms with Crippen molar-refractivity contribution in [1.29, 1.82) is 0 Å². The van der Waals surface area contributed by atoms with Gasteiger partial charge in [0.25, 0.3) is 0 Å². The predicted octanol–water partition coefficient (Wildman–Crippen LogP) is 0.114. The molecular weight excluding hydrogens is 198 g/mol. The van der Waals surface area contributed by atoms with E-state index in [2.05, 4.69) is 5.32 Å². The average Bonchev–Trinajstić information content (AvgIpc) is 2.27. The minimum Gasteiger partial charge on any atom is -0.400 e. The van der Waals surface area contributed by atoms with Crippen molar-refractivity contribution < 1.29 is 19.4 Å². The van der Waals surface area contributed by atoms with E-state index in [9.17, 15) is 9.59 Å². The molecule has 0 bridgehead atoms. The number of rotatable bonds is 7.